The molecule has 1 fully saturated rings. The molecule has 3 nitrogen and oxygen atoms in total. The molecule has 0 spiro atoms. The largest absolute Gasteiger partial charge is 0.411 e. The normalized spacial score (nSPS) is 17.3. The van der Waals surface area contributed by atoms with E-state index < -0.39 is 11.6 Å². The van der Waals surface area contributed by atoms with E-state index in [9.17, 15) is 8.78 Å². The molecule has 1 aromatic carbocycles. The molecule has 0 radical (unpaired) electrons. The molecule has 0 bridgehead atoms. The molecule has 100 valence electrons. The first kappa shape index (κ1) is 14.9. The zero-order chi connectivity index (χ0) is 12.3. The van der Waals surface area contributed by atoms with Crippen molar-refractivity contribution >= 4 is 18.1 Å². The van der Waals surface area contributed by atoms with Gasteiger partial charge in [0.2, 0.25) is 0 Å². The van der Waals surface area contributed by atoms with Gasteiger partial charge in [0.1, 0.15) is 11.6 Å². The average Bonchev–Trinajstić information content (AvgIpc) is 2.35. The molecule has 2 rings (SSSR count). The monoisotopic (exact) mass is 276 g/mol. The second-order valence-electron chi connectivity index (χ2n) is 4.11. The first-order chi connectivity index (χ1) is 8.24. The Morgan fingerprint density at radius 2 is 1.78 bits per heavy atom. The molecular weight excluding hydrogens is 262 g/mol. The van der Waals surface area contributed by atoms with Crippen molar-refractivity contribution in [3.8, 4) is 0 Å². The number of oxime groups is 1. The molecule has 0 amide bonds. The quantitative estimate of drug-likeness (QED) is 0.495. The van der Waals surface area contributed by atoms with Crippen molar-refractivity contribution in [1.82, 2.24) is 5.32 Å². The number of rotatable bonds is 2. The van der Waals surface area contributed by atoms with Crippen molar-refractivity contribution in [2.75, 3.05) is 13.1 Å². The fraction of sp³-hybridized carbons (Fsp3) is 0.417. The van der Waals surface area contributed by atoms with Crippen LogP contribution >= 0.6 is 12.4 Å². The van der Waals surface area contributed by atoms with Crippen LogP contribution in [0.4, 0.5) is 8.78 Å². The van der Waals surface area contributed by atoms with Crippen molar-refractivity contribution in [2.24, 2.45) is 11.1 Å². The molecule has 1 aliphatic heterocycles. The van der Waals surface area contributed by atoms with Crippen LogP contribution in [0.15, 0.2) is 23.4 Å². The number of hydrogen-bond acceptors (Lipinski definition) is 3. The SMILES string of the molecule is Cl.O/N=C(\c1c(F)cccc1F)C1CCNCC1. The summed E-state index contributed by atoms with van der Waals surface area (Å²) in [6, 6.07) is 3.64. The Morgan fingerprint density at radius 1 is 1.22 bits per heavy atom. The minimum atomic E-state index is -0.684. The van der Waals surface area contributed by atoms with Gasteiger partial charge in [-0.25, -0.2) is 8.78 Å². The third kappa shape index (κ3) is 2.97. The molecule has 0 aliphatic carbocycles. The van der Waals surface area contributed by atoms with Gasteiger partial charge in [-0.15, -0.1) is 12.4 Å². The Morgan fingerprint density at radius 3 is 2.28 bits per heavy atom. The zero-order valence-electron chi connectivity index (χ0n) is 9.70. The predicted octanol–water partition coefficient (Wildman–Crippen LogP) is 2.56. The lowest BCUT2D eigenvalue weighted by atomic mass is 9.88. The molecule has 1 heterocycles. The van der Waals surface area contributed by atoms with Crippen LogP contribution in [0.3, 0.4) is 0 Å². The average molecular weight is 277 g/mol. The number of hydrogen-bond donors (Lipinski definition) is 2. The molecule has 1 aliphatic rings. The summed E-state index contributed by atoms with van der Waals surface area (Å²) in [6.07, 6.45) is 1.43. The van der Waals surface area contributed by atoms with E-state index in [0.29, 0.717) is 12.8 Å². The maximum Gasteiger partial charge on any atom is 0.135 e. The van der Waals surface area contributed by atoms with Crippen LogP contribution < -0.4 is 5.32 Å². The lowest BCUT2D eigenvalue weighted by molar-refractivity contribution is 0.310. The summed E-state index contributed by atoms with van der Waals surface area (Å²) < 4.78 is 27.2. The summed E-state index contributed by atoms with van der Waals surface area (Å²) in [5, 5.41) is 15.3. The number of nitrogens with zero attached hydrogens (tertiary/aromatic N) is 1. The molecule has 0 saturated carbocycles. The summed E-state index contributed by atoms with van der Waals surface area (Å²) in [6.45, 7) is 1.53. The first-order valence-corrected chi connectivity index (χ1v) is 5.61. The van der Waals surface area contributed by atoms with Crippen LogP contribution in [0.1, 0.15) is 18.4 Å². The van der Waals surface area contributed by atoms with Crippen LogP contribution in [0, 0.1) is 17.6 Å². The van der Waals surface area contributed by atoms with Gasteiger partial charge in [0.25, 0.3) is 0 Å². The van der Waals surface area contributed by atoms with Crippen LogP contribution in [-0.2, 0) is 0 Å². The van der Waals surface area contributed by atoms with Gasteiger partial charge in [0.15, 0.2) is 0 Å². The number of halogens is 3. The molecule has 0 unspecified atom stereocenters. The van der Waals surface area contributed by atoms with Gasteiger partial charge in [-0.2, -0.15) is 0 Å². The van der Waals surface area contributed by atoms with Crippen molar-refractivity contribution in [3.05, 3.63) is 35.4 Å². The minimum absolute atomic E-state index is 0. The maximum atomic E-state index is 13.6. The smallest absolute Gasteiger partial charge is 0.135 e. The minimum Gasteiger partial charge on any atom is -0.411 e. The van der Waals surface area contributed by atoms with E-state index >= 15 is 0 Å². The summed E-state index contributed by atoms with van der Waals surface area (Å²) in [7, 11) is 0. The van der Waals surface area contributed by atoms with E-state index in [2.05, 4.69) is 10.5 Å². The molecule has 1 saturated heterocycles. The number of nitrogens with one attached hydrogen (secondary N) is 1. The summed E-state index contributed by atoms with van der Waals surface area (Å²) in [4.78, 5) is 0. The van der Waals surface area contributed by atoms with Gasteiger partial charge < -0.3 is 10.5 Å². The fourth-order valence-corrected chi connectivity index (χ4v) is 2.17. The second kappa shape index (κ2) is 6.66. The number of piperidine rings is 1. The van der Waals surface area contributed by atoms with E-state index in [1.165, 1.54) is 18.2 Å². The highest BCUT2D eigenvalue weighted by atomic mass is 35.5. The second-order valence-corrected chi connectivity index (χ2v) is 4.11. The lowest BCUT2D eigenvalue weighted by Gasteiger charge is -2.23. The third-order valence-corrected chi connectivity index (χ3v) is 3.05. The zero-order valence-corrected chi connectivity index (χ0v) is 10.5. The molecule has 2 N–H and O–H groups in total. The topological polar surface area (TPSA) is 44.6 Å². The summed E-state index contributed by atoms with van der Waals surface area (Å²) in [5.41, 5.74) is -0.0935. The number of benzene rings is 1. The maximum absolute atomic E-state index is 13.6. The molecule has 1 aromatic rings. The van der Waals surface area contributed by atoms with E-state index in [-0.39, 0.29) is 29.6 Å². The summed E-state index contributed by atoms with van der Waals surface area (Å²) in [5.74, 6) is -1.47. The Balaban J connectivity index is 0.00000162. The molecule has 18 heavy (non-hydrogen) atoms. The first-order valence-electron chi connectivity index (χ1n) is 5.61. The predicted molar refractivity (Wildman–Crippen MR) is 67.5 cm³/mol. The van der Waals surface area contributed by atoms with Crippen molar-refractivity contribution in [3.63, 3.8) is 0 Å². The molecular formula is C12H15ClF2N2O. The van der Waals surface area contributed by atoms with Crippen LogP contribution in [0.5, 0.6) is 0 Å². The fourth-order valence-electron chi connectivity index (χ4n) is 2.17. The molecule has 0 aromatic heterocycles. The third-order valence-electron chi connectivity index (χ3n) is 3.05. The molecule has 6 heteroatoms. The van der Waals surface area contributed by atoms with Crippen molar-refractivity contribution < 1.29 is 14.0 Å². The van der Waals surface area contributed by atoms with Crippen molar-refractivity contribution in [1.29, 1.82) is 0 Å². The van der Waals surface area contributed by atoms with E-state index in [4.69, 9.17) is 5.21 Å². The highest BCUT2D eigenvalue weighted by molar-refractivity contribution is 6.02. The van der Waals surface area contributed by atoms with Gasteiger partial charge in [-0.3, -0.25) is 0 Å². The standard InChI is InChI=1S/C12H14F2N2O.ClH/c13-9-2-1-3-10(14)11(9)12(16-17)8-4-6-15-7-5-8;/h1-3,8,15,17H,4-7H2;1H/b16-12-;. The molecule has 0 atom stereocenters. The van der Waals surface area contributed by atoms with Gasteiger partial charge >= 0.3 is 0 Å². The highest BCUT2D eigenvalue weighted by Gasteiger charge is 2.25. The Labute approximate surface area is 110 Å². The Kier molecular flexibility index (Phi) is 5.50. The van der Waals surface area contributed by atoms with Gasteiger partial charge in [-0.1, -0.05) is 11.2 Å². The van der Waals surface area contributed by atoms with Crippen LogP contribution in [0.25, 0.3) is 0 Å². The van der Waals surface area contributed by atoms with E-state index in [0.717, 1.165) is 13.1 Å². The van der Waals surface area contributed by atoms with Crippen LogP contribution in [-0.4, -0.2) is 24.0 Å². The Bertz CT molecular complexity index is 414. The van der Waals surface area contributed by atoms with Gasteiger partial charge in [-0.05, 0) is 38.1 Å². The highest BCUT2D eigenvalue weighted by Crippen LogP contribution is 2.23. The summed E-state index contributed by atoms with van der Waals surface area (Å²) >= 11 is 0. The van der Waals surface area contributed by atoms with Crippen LogP contribution in [0.2, 0.25) is 0 Å². The van der Waals surface area contributed by atoms with Gasteiger partial charge in [0, 0.05) is 5.92 Å². The van der Waals surface area contributed by atoms with Gasteiger partial charge in [0.05, 0.1) is 11.3 Å². The van der Waals surface area contributed by atoms with Crippen molar-refractivity contribution in [2.45, 2.75) is 12.8 Å². The van der Waals surface area contributed by atoms with E-state index in [1.807, 2.05) is 0 Å². The Hall–Kier alpha value is -1.20. The van der Waals surface area contributed by atoms with E-state index in [1.54, 1.807) is 0 Å². The lowest BCUT2D eigenvalue weighted by Crippen LogP contribution is -2.33.